The van der Waals surface area contributed by atoms with Gasteiger partial charge in [-0.3, -0.25) is 9.59 Å². The van der Waals surface area contributed by atoms with E-state index in [0.717, 1.165) is 42.1 Å². The van der Waals surface area contributed by atoms with Crippen molar-refractivity contribution in [1.29, 1.82) is 0 Å². The predicted molar refractivity (Wildman–Crippen MR) is 114 cm³/mol. The number of amides is 2. The van der Waals surface area contributed by atoms with Crippen LogP contribution in [0.5, 0.6) is 11.5 Å². The van der Waals surface area contributed by atoms with Gasteiger partial charge in [0.25, 0.3) is 0 Å². The van der Waals surface area contributed by atoms with E-state index in [1.165, 1.54) is 4.91 Å². The fraction of sp³-hybridized carbons (Fsp3) is 0.545. The summed E-state index contributed by atoms with van der Waals surface area (Å²) in [6.45, 7) is 5.94. The topological polar surface area (TPSA) is 79.9 Å². The van der Waals surface area contributed by atoms with Gasteiger partial charge in [-0.25, -0.2) is 0 Å². The fourth-order valence-electron chi connectivity index (χ4n) is 4.81. The van der Waals surface area contributed by atoms with Crippen LogP contribution in [0.1, 0.15) is 32.3 Å². The summed E-state index contributed by atoms with van der Waals surface area (Å²) in [4.78, 5) is 27.7. The van der Waals surface area contributed by atoms with Gasteiger partial charge in [0.1, 0.15) is 0 Å². The molecule has 0 bridgehead atoms. The van der Waals surface area contributed by atoms with E-state index in [0.29, 0.717) is 30.2 Å². The normalized spacial score (nSPS) is 29.3. The van der Waals surface area contributed by atoms with Gasteiger partial charge in [-0.05, 0) is 37.5 Å². The highest BCUT2D eigenvalue weighted by Crippen LogP contribution is 2.48. The maximum absolute atomic E-state index is 12.6. The van der Waals surface area contributed by atoms with Crippen LogP contribution in [0.4, 0.5) is 0 Å². The summed E-state index contributed by atoms with van der Waals surface area (Å²) < 4.78 is 10.7. The second-order valence-corrected chi connectivity index (χ2v) is 9.78. The Kier molecular flexibility index (Phi) is 5.14. The van der Waals surface area contributed by atoms with Crippen LogP contribution < -0.4 is 20.1 Å². The highest BCUT2D eigenvalue weighted by atomic mass is 32.2. The molecule has 5 rings (SSSR count). The molecule has 8 heteroatoms. The molecule has 1 aromatic rings. The molecule has 4 aliphatic rings. The monoisotopic (exact) mass is 429 g/mol. The molecule has 4 unspecified atom stereocenters. The Morgan fingerprint density at radius 3 is 2.97 bits per heavy atom. The highest BCUT2D eigenvalue weighted by Gasteiger charge is 2.48. The molecule has 0 saturated carbocycles. The number of ether oxygens (including phenoxy) is 2. The van der Waals surface area contributed by atoms with Gasteiger partial charge in [-0.2, -0.15) is 0 Å². The summed E-state index contributed by atoms with van der Waals surface area (Å²) in [7, 11) is 0. The third kappa shape index (κ3) is 3.46. The van der Waals surface area contributed by atoms with Crippen LogP contribution >= 0.6 is 11.8 Å². The van der Waals surface area contributed by atoms with Crippen LogP contribution in [-0.2, 0) is 16.0 Å². The summed E-state index contributed by atoms with van der Waals surface area (Å²) in [5.41, 5.74) is 2.23. The van der Waals surface area contributed by atoms with Crippen molar-refractivity contribution in [1.82, 2.24) is 15.5 Å². The number of carbonyl (C=O) groups is 2. The van der Waals surface area contributed by atoms with Crippen LogP contribution in [0.2, 0.25) is 0 Å². The summed E-state index contributed by atoms with van der Waals surface area (Å²) >= 11 is 1.85. The quantitative estimate of drug-likeness (QED) is 0.674. The van der Waals surface area contributed by atoms with Crippen molar-refractivity contribution in [2.45, 2.75) is 50.4 Å². The van der Waals surface area contributed by atoms with Gasteiger partial charge in [0.05, 0.1) is 12.1 Å². The Morgan fingerprint density at radius 2 is 2.17 bits per heavy atom. The van der Waals surface area contributed by atoms with Gasteiger partial charge in [0, 0.05) is 41.3 Å². The summed E-state index contributed by atoms with van der Waals surface area (Å²) in [5, 5.41) is 6.78. The van der Waals surface area contributed by atoms with Crippen molar-refractivity contribution in [3.8, 4) is 11.5 Å². The molecule has 0 aromatic heterocycles. The molecule has 1 aromatic carbocycles. The molecule has 2 amide bonds. The van der Waals surface area contributed by atoms with Gasteiger partial charge in [-0.15, -0.1) is 11.8 Å². The lowest BCUT2D eigenvalue weighted by molar-refractivity contribution is -0.142. The maximum atomic E-state index is 12.6. The van der Waals surface area contributed by atoms with Gasteiger partial charge in [0.2, 0.25) is 18.6 Å². The molecule has 7 nitrogen and oxygen atoms in total. The first-order valence-electron chi connectivity index (χ1n) is 10.6. The largest absolute Gasteiger partial charge is 0.454 e. The number of hydrogen-bond acceptors (Lipinski definition) is 6. The first-order valence-corrected chi connectivity index (χ1v) is 11.5. The molecule has 4 heterocycles. The van der Waals surface area contributed by atoms with Gasteiger partial charge >= 0.3 is 0 Å². The van der Waals surface area contributed by atoms with Crippen molar-refractivity contribution in [2.24, 2.45) is 5.92 Å². The molecular weight excluding hydrogens is 402 g/mol. The number of nitrogens with zero attached hydrogens (tertiary/aromatic N) is 1. The summed E-state index contributed by atoms with van der Waals surface area (Å²) in [6, 6.07) is 6.09. The van der Waals surface area contributed by atoms with E-state index in [2.05, 4.69) is 24.5 Å². The third-order valence-corrected chi connectivity index (χ3v) is 8.16. The molecular formula is C22H27N3O4S. The molecule has 0 aliphatic carbocycles. The molecule has 30 heavy (non-hydrogen) atoms. The van der Waals surface area contributed by atoms with Crippen LogP contribution in [0.3, 0.4) is 0 Å². The Balaban J connectivity index is 1.10. The number of benzene rings is 1. The molecule has 0 spiro atoms. The van der Waals surface area contributed by atoms with Crippen LogP contribution in [-0.4, -0.2) is 53.9 Å². The van der Waals surface area contributed by atoms with Crippen molar-refractivity contribution in [2.75, 3.05) is 19.9 Å². The third-order valence-electron chi connectivity index (χ3n) is 6.54. The molecule has 4 atom stereocenters. The van der Waals surface area contributed by atoms with E-state index < -0.39 is 0 Å². The van der Waals surface area contributed by atoms with Crippen molar-refractivity contribution in [3.05, 3.63) is 34.4 Å². The zero-order valence-electron chi connectivity index (χ0n) is 17.3. The lowest BCUT2D eigenvalue weighted by Gasteiger charge is -2.37. The lowest BCUT2D eigenvalue weighted by atomic mass is 9.94. The van der Waals surface area contributed by atoms with Crippen LogP contribution in [0.15, 0.2) is 28.8 Å². The molecule has 2 fully saturated rings. The van der Waals surface area contributed by atoms with E-state index in [1.807, 2.05) is 34.9 Å². The fourth-order valence-corrected chi connectivity index (χ4v) is 6.28. The van der Waals surface area contributed by atoms with Crippen molar-refractivity contribution >= 4 is 23.6 Å². The zero-order chi connectivity index (χ0) is 20.8. The minimum Gasteiger partial charge on any atom is -0.454 e. The number of carbonyl (C=O) groups excluding carboxylic acids is 2. The van der Waals surface area contributed by atoms with E-state index in [9.17, 15) is 9.59 Å². The summed E-state index contributed by atoms with van der Waals surface area (Å²) in [5.74, 6) is 2.25. The van der Waals surface area contributed by atoms with Crippen molar-refractivity contribution < 1.29 is 19.1 Å². The minimum atomic E-state index is -0.157. The standard InChI is InChI=1S/C22H27N3O4S/c1-12-17-9-20(26)25(17)13(2)21(12)30-15-8-16(24-10-15)22(27)23-6-5-14-3-4-18-19(7-14)29-11-28-18/h3-4,7,12,15-17,24H,5-6,8-11H2,1-2H3,(H,23,27). The average molecular weight is 430 g/mol. The Morgan fingerprint density at radius 1 is 1.33 bits per heavy atom. The maximum Gasteiger partial charge on any atom is 0.237 e. The number of β-lactam (4-membered cyclic amide) rings is 1. The zero-order valence-corrected chi connectivity index (χ0v) is 18.1. The molecule has 4 aliphatic heterocycles. The Bertz CT molecular complexity index is 918. The molecule has 160 valence electrons. The molecule has 2 saturated heterocycles. The average Bonchev–Trinajstić information content (AvgIpc) is 3.41. The van der Waals surface area contributed by atoms with E-state index in [1.54, 1.807) is 0 Å². The second-order valence-electron chi connectivity index (χ2n) is 8.44. The predicted octanol–water partition coefficient (Wildman–Crippen LogP) is 2.02. The lowest BCUT2D eigenvalue weighted by Crippen LogP contribution is -2.50. The number of rotatable bonds is 6. The Hall–Kier alpha value is -2.19. The first kappa shape index (κ1) is 19.8. The molecule has 2 N–H and O–H groups in total. The summed E-state index contributed by atoms with van der Waals surface area (Å²) in [6.07, 6.45) is 2.23. The Labute approximate surface area is 180 Å². The van der Waals surface area contributed by atoms with E-state index in [4.69, 9.17) is 9.47 Å². The first-order chi connectivity index (χ1) is 14.5. The number of fused-ring (bicyclic) bond motifs is 2. The molecule has 0 radical (unpaired) electrons. The van der Waals surface area contributed by atoms with Crippen LogP contribution in [0, 0.1) is 5.92 Å². The van der Waals surface area contributed by atoms with E-state index >= 15 is 0 Å². The van der Waals surface area contributed by atoms with Crippen molar-refractivity contribution in [3.63, 3.8) is 0 Å². The SMILES string of the molecule is CC1=C(SC2CNC(C(=O)NCCc3ccc4c(c3)OCO4)C2)C(C)C2CC(=O)N12. The van der Waals surface area contributed by atoms with Gasteiger partial charge in [0.15, 0.2) is 11.5 Å². The number of thioether (sulfide) groups is 1. The number of nitrogens with one attached hydrogen (secondary N) is 2. The van der Waals surface area contributed by atoms with E-state index in [-0.39, 0.29) is 24.6 Å². The smallest absolute Gasteiger partial charge is 0.237 e. The van der Waals surface area contributed by atoms with Gasteiger partial charge < -0.3 is 25.0 Å². The number of hydrogen-bond donors (Lipinski definition) is 2. The van der Waals surface area contributed by atoms with Crippen LogP contribution in [0.25, 0.3) is 0 Å². The van der Waals surface area contributed by atoms with Gasteiger partial charge in [-0.1, -0.05) is 13.0 Å². The highest BCUT2D eigenvalue weighted by molar-refractivity contribution is 8.03. The minimum absolute atomic E-state index is 0.0583. The number of allylic oxidation sites excluding steroid dienone is 1. The second kappa shape index (κ2) is 7.81.